The molecule has 1 aromatic heterocycles. The first kappa shape index (κ1) is 15.2. The summed E-state index contributed by atoms with van der Waals surface area (Å²) in [6.07, 6.45) is 0. The second-order valence-electron chi connectivity index (χ2n) is 4.12. The molecule has 20 heavy (non-hydrogen) atoms. The predicted octanol–water partition coefficient (Wildman–Crippen LogP) is 1.57. The Hall–Kier alpha value is -1.16. The summed E-state index contributed by atoms with van der Waals surface area (Å²) in [6.45, 7) is 1.66. The Kier molecular flexibility index (Phi) is 4.33. The molecule has 108 valence electrons. The average molecular weight is 378 g/mol. The number of rotatable bonds is 4. The van der Waals surface area contributed by atoms with Gasteiger partial charge in [0.25, 0.3) is 0 Å². The molecule has 6 nitrogen and oxygen atoms in total. The molecule has 0 amide bonds. The Morgan fingerprint density at radius 2 is 2.15 bits per heavy atom. The van der Waals surface area contributed by atoms with Gasteiger partial charge in [0.15, 0.2) is 0 Å². The molecule has 0 saturated heterocycles. The molecule has 0 fully saturated rings. The molecule has 0 atom stereocenters. The van der Waals surface area contributed by atoms with Crippen LogP contribution in [-0.2, 0) is 16.6 Å². The van der Waals surface area contributed by atoms with E-state index in [-0.39, 0.29) is 16.3 Å². The molecule has 0 aliphatic heterocycles. The van der Waals surface area contributed by atoms with E-state index in [1.807, 2.05) is 0 Å². The summed E-state index contributed by atoms with van der Waals surface area (Å²) in [7, 11) is -3.70. The van der Waals surface area contributed by atoms with E-state index in [1.54, 1.807) is 18.4 Å². The number of thiazole rings is 1. The lowest BCUT2D eigenvalue weighted by Crippen LogP contribution is -2.24. The smallest absolute Gasteiger partial charge is 0.304 e. The molecule has 1 aromatic carbocycles. The fraction of sp³-hybridized carbons (Fsp3) is 0.182. The number of anilines is 1. The fourth-order valence-electron chi connectivity index (χ4n) is 1.60. The van der Waals surface area contributed by atoms with Gasteiger partial charge in [-0.25, -0.2) is 13.1 Å². The van der Waals surface area contributed by atoms with Gasteiger partial charge in [-0.3, -0.25) is 4.79 Å². The third-order valence-electron chi connectivity index (χ3n) is 2.68. The Labute approximate surface area is 128 Å². The van der Waals surface area contributed by atoms with Crippen LogP contribution < -0.4 is 15.3 Å². The van der Waals surface area contributed by atoms with Crippen LogP contribution in [0, 0.1) is 6.92 Å². The quantitative estimate of drug-likeness (QED) is 0.703. The molecule has 4 N–H and O–H groups in total. The maximum Gasteiger partial charge on any atom is 0.304 e. The van der Waals surface area contributed by atoms with E-state index in [9.17, 15) is 13.2 Å². The van der Waals surface area contributed by atoms with Gasteiger partial charge in [-0.15, -0.1) is 0 Å². The van der Waals surface area contributed by atoms with Crippen LogP contribution in [0.2, 0.25) is 0 Å². The van der Waals surface area contributed by atoms with Gasteiger partial charge in [0.2, 0.25) is 10.0 Å². The number of hydrogen-bond acceptors (Lipinski definition) is 5. The third kappa shape index (κ3) is 3.29. The first-order valence-electron chi connectivity index (χ1n) is 5.51. The second kappa shape index (κ2) is 5.68. The molecule has 2 aromatic rings. The molecule has 0 aliphatic carbocycles. The number of nitrogens with one attached hydrogen (secondary N) is 2. The van der Waals surface area contributed by atoms with Gasteiger partial charge in [-0.2, -0.15) is 0 Å². The lowest BCUT2D eigenvalue weighted by atomic mass is 10.2. The van der Waals surface area contributed by atoms with Crippen LogP contribution in [0.5, 0.6) is 0 Å². The van der Waals surface area contributed by atoms with Gasteiger partial charge < -0.3 is 10.7 Å². The summed E-state index contributed by atoms with van der Waals surface area (Å²) in [6, 6.07) is 3.13. The summed E-state index contributed by atoms with van der Waals surface area (Å²) >= 11 is 4.21. The van der Waals surface area contributed by atoms with Crippen LogP contribution in [0.25, 0.3) is 0 Å². The molecular weight excluding hydrogens is 366 g/mol. The van der Waals surface area contributed by atoms with Crippen molar-refractivity contribution in [2.75, 3.05) is 5.73 Å². The van der Waals surface area contributed by atoms with E-state index >= 15 is 0 Å². The molecule has 0 unspecified atom stereocenters. The van der Waals surface area contributed by atoms with E-state index < -0.39 is 10.0 Å². The first-order chi connectivity index (χ1) is 9.29. The van der Waals surface area contributed by atoms with Gasteiger partial charge in [0.05, 0.1) is 11.4 Å². The maximum absolute atomic E-state index is 12.3. The van der Waals surface area contributed by atoms with E-state index in [0.717, 1.165) is 11.3 Å². The van der Waals surface area contributed by atoms with E-state index in [0.29, 0.717) is 21.4 Å². The van der Waals surface area contributed by atoms with Crippen molar-refractivity contribution in [3.8, 4) is 0 Å². The Bertz CT molecular complexity index is 795. The SMILES string of the molecule is Cc1c(N)cc(Br)cc1S(=O)(=O)NCc1csc(=O)[nH]1. The van der Waals surface area contributed by atoms with Crippen LogP contribution >= 0.6 is 27.3 Å². The number of nitrogens with two attached hydrogens (primary N) is 1. The number of sulfonamides is 1. The molecule has 2 rings (SSSR count). The van der Waals surface area contributed by atoms with Crippen LogP contribution in [-0.4, -0.2) is 13.4 Å². The monoisotopic (exact) mass is 377 g/mol. The number of halogens is 1. The van der Waals surface area contributed by atoms with Crippen molar-refractivity contribution in [1.29, 1.82) is 0 Å². The second-order valence-corrected chi connectivity index (χ2v) is 7.61. The standard InChI is InChI=1S/C11H12BrN3O3S2/c1-6-9(13)2-7(12)3-10(6)20(17,18)14-4-8-5-19-11(16)15-8/h2-3,5,14H,4,13H2,1H3,(H,15,16). The summed E-state index contributed by atoms with van der Waals surface area (Å²) < 4.78 is 27.5. The van der Waals surface area contributed by atoms with Gasteiger partial charge >= 0.3 is 4.87 Å². The molecule has 9 heteroatoms. The first-order valence-corrected chi connectivity index (χ1v) is 8.67. The molecule has 0 bridgehead atoms. The lowest BCUT2D eigenvalue weighted by molar-refractivity contribution is 0.580. The number of benzene rings is 1. The van der Waals surface area contributed by atoms with Crippen LogP contribution in [0.3, 0.4) is 0 Å². The Morgan fingerprint density at radius 3 is 2.75 bits per heavy atom. The fourth-order valence-corrected chi connectivity index (χ4v) is 4.12. The average Bonchev–Trinajstić information content (AvgIpc) is 2.77. The normalized spacial score (nSPS) is 11.7. The number of hydrogen-bond donors (Lipinski definition) is 3. The van der Waals surface area contributed by atoms with Crippen molar-refractivity contribution in [2.45, 2.75) is 18.4 Å². The zero-order chi connectivity index (χ0) is 14.9. The molecule has 0 aliphatic rings. The Morgan fingerprint density at radius 1 is 1.45 bits per heavy atom. The minimum Gasteiger partial charge on any atom is -0.398 e. The van der Waals surface area contributed by atoms with Crippen LogP contribution in [0.15, 0.2) is 31.7 Å². The van der Waals surface area contributed by atoms with E-state index in [2.05, 4.69) is 25.6 Å². The van der Waals surface area contributed by atoms with Crippen molar-refractivity contribution in [3.05, 3.63) is 42.9 Å². The lowest BCUT2D eigenvalue weighted by Gasteiger charge is -2.11. The largest absolute Gasteiger partial charge is 0.398 e. The minimum atomic E-state index is -3.70. The molecular formula is C11H12BrN3O3S2. The molecule has 0 spiro atoms. The molecule has 1 heterocycles. The number of aromatic nitrogens is 1. The number of nitrogen functional groups attached to an aromatic ring is 1. The highest BCUT2D eigenvalue weighted by molar-refractivity contribution is 9.10. The van der Waals surface area contributed by atoms with Gasteiger partial charge in [0.1, 0.15) is 0 Å². The third-order valence-corrected chi connectivity index (χ3v) is 5.38. The summed E-state index contributed by atoms with van der Waals surface area (Å²) in [5.41, 5.74) is 7.16. The number of aromatic amines is 1. The van der Waals surface area contributed by atoms with Crippen molar-refractivity contribution in [3.63, 3.8) is 0 Å². The van der Waals surface area contributed by atoms with Gasteiger partial charge in [0, 0.05) is 21.2 Å². The summed E-state index contributed by atoms with van der Waals surface area (Å²) in [5, 5.41) is 1.58. The zero-order valence-electron chi connectivity index (χ0n) is 10.4. The van der Waals surface area contributed by atoms with Crippen LogP contribution in [0.4, 0.5) is 5.69 Å². The summed E-state index contributed by atoms with van der Waals surface area (Å²) in [4.78, 5) is 13.4. The topological polar surface area (TPSA) is 105 Å². The minimum absolute atomic E-state index is 0.0208. The van der Waals surface area contributed by atoms with E-state index in [1.165, 1.54) is 6.07 Å². The van der Waals surface area contributed by atoms with Gasteiger partial charge in [-0.1, -0.05) is 27.3 Å². The predicted molar refractivity (Wildman–Crippen MR) is 82.3 cm³/mol. The van der Waals surface area contributed by atoms with Crippen molar-refractivity contribution in [1.82, 2.24) is 9.71 Å². The highest BCUT2D eigenvalue weighted by Gasteiger charge is 2.19. The zero-order valence-corrected chi connectivity index (χ0v) is 13.7. The number of H-pyrrole nitrogens is 1. The van der Waals surface area contributed by atoms with Crippen LogP contribution in [0.1, 0.15) is 11.3 Å². The highest BCUT2D eigenvalue weighted by Crippen LogP contribution is 2.26. The Balaban J connectivity index is 2.29. The molecule has 0 saturated carbocycles. The van der Waals surface area contributed by atoms with E-state index in [4.69, 9.17) is 5.73 Å². The van der Waals surface area contributed by atoms with Gasteiger partial charge in [-0.05, 0) is 24.6 Å². The van der Waals surface area contributed by atoms with Crippen molar-refractivity contribution < 1.29 is 8.42 Å². The highest BCUT2D eigenvalue weighted by atomic mass is 79.9. The summed E-state index contributed by atoms with van der Waals surface area (Å²) in [5.74, 6) is 0. The maximum atomic E-state index is 12.3. The van der Waals surface area contributed by atoms with Crippen molar-refractivity contribution >= 4 is 43.0 Å². The molecule has 0 radical (unpaired) electrons. The van der Waals surface area contributed by atoms with Crippen molar-refractivity contribution in [2.24, 2.45) is 0 Å².